The summed E-state index contributed by atoms with van der Waals surface area (Å²) in [6, 6.07) is 9.90. The van der Waals surface area contributed by atoms with Crippen LogP contribution in [-0.4, -0.2) is 34.3 Å². The van der Waals surface area contributed by atoms with Crippen molar-refractivity contribution in [1.82, 2.24) is 4.90 Å². The molecule has 0 unspecified atom stereocenters. The quantitative estimate of drug-likeness (QED) is 0.931. The summed E-state index contributed by atoms with van der Waals surface area (Å²) in [5, 5.41) is 10.2. The molecule has 0 spiro atoms. The molecule has 3 rings (SSSR count). The maximum atomic E-state index is 12.6. The Bertz CT molecular complexity index is 504. The van der Waals surface area contributed by atoms with Crippen LogP contribution in [0, 0.1) is 5.92 Å². The number of rotatable bonds is 3. The number of aliphatic hydroxyl groups excluding tert-OH is 1. The van der Waals surface area contributed by atoms with Gasteiger partial charge in [0.25, 0.3) is 0 Å². The molecule has 4 atom stereocenters. The largest absolute Gasteiger partial charge is 0.445 e. The molecule has 2 aliphatic rings. The van der Waals surface area contributed by atoms with Crippen LogP contribution in [0.5, 0.6) is 0 Å². The van der Waals surface area contributed by atoms with Crippen LogP contribution in [0.15, 0.2) is 30.3 Å². The van der Waals surface area contributed by atoms with E-state index in [1.54, 1.807) is 0 Å². The molecule has 2 bridgehead atoms. The van der Waals surface area contributed by atoms with Crippen LogP contribution in [0.3, 0.4) is 0 Å². The number of aliphatic hydroxyl groups is 1. The smallest absolute Gasteiger partial charge is 0.410 e. The molecule has 2 fully saturated rings. The Hall–Kier alpha value is -1.55. The molecule has 1 N–H and O–H groups in total. The highest BCUT2D eigenvalue weighted by Crippen LogP contribution is 2.39. The van der Waals surface area contributed by atoms with Crippen molar-refractivity contribution in [3.8, 4) is 0 Å². The number of carbonyl (C=O) groups is 1. The van der Waals surface area contributed by atoms with Gasteiger partial charge >= 0.3 is 6.09 Å². The van der Waals surface area contributed by atoms with E-state index < -0.39 is 6.10 Å². The fourth-order valence-electron chi connectivity index (χ4n) is 4.02. The van der Waals surface area contributed by atoms with Crippen LogP contribution in [0.2, 0.25) is 0 Å². The average molecular weight is 303 g/mol. The van der Waals surface area contributed by atoms with Crippen LogP contribution < -0.4 is 0 Å². The highest BCUT2D eigenvalue weighted by Gasteiger charge is 2.46. The maximum Gasteiger partial charge on any atom is 0.410 e. The highest BCUT2D eigenvalue weighted by molar-refractivity contribution is 5.69. The van der Waals surface area contributed by atoms with Gasteiger partial charge in [0.15, 0.2) is 0 Å². The van der Waals surface area contributed by atoms with E-state index >= 15 is 0 Å². The molecule has 0 aliphatic carbocycles. The normalized spacial score (nSPS) is 30.9. The number of amides is 1. The van der Waals surface area contributed by atoms with E-state index in [4.69, 9.17) is 4.74 Å². The lowest BCUT2D eigenvalue weighted by atomic mass is 9.75. The second-order valence-electron chi connectivity index (χ2n) is 6.47. The molecule has 4 nitrogen and oxygen atoms in total. The van der Waals surface area contributed by atoms with Gasteiger partial charge in [-0.1, -0.05) is 43.7 Å². The second kappa shape index (κ2) is 6.69. The van der Waals surface area contributed by atoms with E-state index in [9.17, 15) is 9.90 Å². The first-order chi connectivity index (χ1) is 10.7. The van der Waals surface area contributed by atoms with E-state index in [0.29, 0.717) is 12.5 Å². The Kier molecular flexibility index (Phi) is 4.67. The van der Waals surface area contributed by atoms with Crippen molar-refractivity contribution in [3.05, 3.63) is 35.9 Å². The molecule has 1 aromatic carbocycles. The Balaban J connectivity index is 1.69. The first kappa shape index (κ1) is 15.3. The minimum absolute atomic E-state index is 0.0650. The number of nitrogens with zero attached hydrogens (tertiary/aromatic N) is 1. The van der Waals surface area contributed by atoms with Crippen LogP contribution in [0.4, 0.5) is 4.79 Å². The SMILES string of the molecule is CC[C@@H]1CC[C@@H]2[C@H](O)CC[C@H]1N2C(=O)OCc1ccccc1. The van der Waals surface area contributed by atoms with Crippen molar-refractivity contribution in [1.29, 1.82) is 0 Å². The highest BCUT2D eigenvalue weighted by atomic mass is 16.6. The molecule has 0 saturated carbocycles. The minimum atomic E-state index is -0.404. The summed E-state index contributed by atoms with van der Waals surface area (Å²) in [7, 11) is 0. The molecule has 2 aliphatic heterocycles. The minimum Gasteiger partial charge on any atom is -0.445 e. The summed E-state index contributed by atoms with van der Waals surface area (Å²) in [5.74, 6) is 0.535. The molecule has 1 amide bonds. The van der Waals surface area contributed by atoms with Gasteiger partial charge in [0.2, 0.25) is 0 Å². The topological polar surface area (TPSA) is 49.8 Å². The first-order valence-electron chi connectivity index (χ1n) is 8.37. The zero-order valence-electron chi connectivity index (χ0n) is 13.1. The second-order valence-corrected chi connectivity index (χ2v) is 6.47. The molecule has 120 valence electrons. The molecule has 2 saturated heterocycles. The molecular formula is C18H25NO3. The summed E-state index contributed by atoms with van der Waals surface area (Å²) < 4.78 is 5.52. The third kappa shape index (κ3) is 2.98. The van der Waals surface area contributed by atoms with E-state index in [1.807, 2.05) is 35.2 Å². The van der Waals surface area contributed by atoms with Gasteiger partial charge in [-0.3, -0.25) is 4.90 Å². The molecule has 1 aromatic rings. The molecule has 2 heterocycles. The van der Waals surface area contributed by atoms with Gasteiger partial charge in [0.1, 0.15) is 6.61 Å². The van der Waals surface area contributed by atoms with Crippen molar-refractivity contribution < 1.29 is 14.6 Å². The molecular weight excluding hydrogens is 278 g/mol. The average Bonchev–Trinajstić information content (AvgIpc) is 2.56. The Morgan fingerprint density at radius 3 is 2.64 bits per heavy atom. The van der Waals surface area contributed by atoms with E-state index in [-0.39, 0.29) is 18.2 Å². The summed E-state index contributed by atoms with van der Waals surface area (Å²) >= 11 is 0. The first-order valence-corrected chi connectivity index (χ1v) is 8.37. The predicted octanol–water partition coefficient (Wildman–Crippen LogP) is 3.34. The lowest BCUT2D eigenvalue weighted by molar-refractivity contribution is -0.0646. The Morgan fingerprint density at radius 1 is 1.18 bits per heavy atom. The van der Waals surface area contributed by atoms with Crippen LogP contribution in [0.1, 0.15) is 44.6 Å². The number of fused-ring (bicyclic) bond motifs is 2. The molecule has 0 aromatic heterocycles. The zero-order chi connectivity index (χ0) is 15.5. The van der Waals surface area contributed by atoms with Crippen LogP contribution in [0.25, 0.3) is 0 Å². The summed E-state index contributed by atoms with van der Waals surface area (Å²) in [6.07, 6.45) is 4.08. The number of hydrogen-bond acceptors (Lipinski definition) is 3. The van der Waals surface area contributed by atoms with E-state index in [0.717, 1.165) is 37.7 Å². The number of carbonyl (C=O) groups excluding carboxylic acids is 1. The lowest BCUT2D eigenvalue weighted by Gasteiger charge is -2.50. The van der Waals surface area contributed by atoms with E-state index in [2.05, 4.69) is 6.92 Å². The van der Waals surface area contributed by atoms with Crippen molar-refractivity contribution in [2.75, 3.05) is 0 Å². The van der Waals surface area contributed by atoms with Crippen molar-refractivity contribution >= 4 is 6.09 Å². The molecule has 0 radical (unpaired) electrons. The monoisotopic (exact) mass is 303 g/mol. The van der Waals surface area contributed by atoms with Gasteiger partial charge in [-0.05, 0) is 37.2 Å². The molecule has 4 heteroatoms. The number of ether oxygens (including phenoxy) is 1. The van der Waals surface area contributed by atoms with Gasteiger partial charge in [-0.15, -0.1) is 0 Å². The van der Waals surface area contributed by atoms with Crippen molar-refractivity contribution in [2.45, 2.75) is 63.8 Å². The number of benzene rings is 1. The van der Waals surface area contributed by atoms with Crippen LogP contribution >= 0.6 is 0 Å². The fourth-order valence-corrected chi connectivity index (χ4v) is 4.02. The Morgan fingerprint density at radius 2 is 1.91 bits per heavy atom. The number of hydrogen-bond donors (Lipinski definition) is 1. The standard InChI is InChI=1S/C18H25NO3/c1-2-14-8-9-16-17(20)11-10-15(14)19(16)18(21)22-12-13-6-4-3-5-7-13/h3-7,14-17,20H,2,8-12H2,1H3/t14-,15-,16-,17-/m1/s1. The van der Waals surface area contributed by atoms with E-state index in [1.165, 1.54) is 0 Å². The molecule has 22 heavy (non-hydrogen) atoms. The summed E-state index contributed by atoms with van der Waals surface area (Å²) in [4.78, 5) is 14.4. The van der Waals surface area contributed by atoms with Crippen molar-refractivity contribution in [2.24, 2.45) is 5.92 Å². The van der Waals surface area contributed by atoms with Gasteiger partial charge in [0.05, 0.1) is 12.1 Å². The maximum absolute atomic E-state index is 12.6. The van der Waals surface area contributed by atoms with Gasteiger partial charge in [0, 0.05) is 6.04 Å². The predicted molar refractivity (Wildman–Crippen MR) is 84.3 cm³/mol. The fraction of sp³-hybridized carbons (Fsp3) is 0.611. The third-order valence-corrected chi connectivity index (χ3v) is 5.23. The van der Waals surface area contributed by atoms with Crippen molar-refractivity contribution in [3.63, 3.8) is 0 Å². The number of piperidine rings is 2. The summed E-state index contributed by atoms with van der Waals surface area (Å²) in [6.45, 7) is 2.48. The third-order valence-electron chi connectivity index (χ3n) is 5.23. The van der Waals surface area contributed by atoms with Crippen LogP contribution in [-0.2, 0) is 11.3 Å². The summed E-state index contributed by atoms with van der Waals surface area (Å²) in [5.41, 5.74) is 0.991. The van der Waals surface area contributed by atoms with Gasteiger partial charge < -0.3 is 9.84 Å². The lowest BCUT2D eigenvalue weighted by Crippen LogP contribution is -2.61. The van der Waals surface area contributed by atoms with Gasteiger partial charge in [-0.2, -0.15) is 0 Å². The zero-order valence-corrected chi connectivity index (χ0v) is 13.1. The Labute approximate surface area is 132 Å². The van der Waals surface area contributed by atoms with Gasteiger partial charge in [-0.25, -0.2) is 4.79 Å².